The summed E-state index contributed by atoms with van der Waals surface area (Å²) in [6, 6.07) is 20.0. The molecule has 1 unspecified atom stereocenters. The van der Waals surface area contributed by atoms with Crippen LogP contribution in [0, 0.1) is 0 Å². The number of hydrogen-bond acceptors (Lipinski definition) is 3. The second-order valence-corrected chi connectivity index (χ2v) is 9.31. The van der Waals surface area contributed by atoms with Crippen LogP contribution in [0.15, 0.2) is 78.6 Å². The quantitative estimate of drug-likeness (QED) is 0.411. The molecule has 0 aromatic heterocycles. The lowest BCUT2D eigenvalue weighted by Crippen LogP contribution is -1.85. The highest BCUT2D eigenvalue weighted by Gasteiger charge is 2.19. The molecule has 0 fully saturated rings. The summed E-state index contributed by atoms with van der Waals surface area (Å²) in [6.07, 6.45) is 5.68. The van der Waals surface area contributed by atoms with Gasteiger partial charge in [-0.1, -0.05) is 90.3 Å². The molecule has 0 radical (unpaired) electrons. The monoisotopic (exact) mass is 344 g/mol. The van der Waals surface area contributed by atoms with E-state index in [0.717, 1.165) is 11.1 Å². The second kappa shape index (κ2) is 9.57. The molecule has 120 valence electrons. The zero-order valence-electron chi connectivity index (χ0n) is 13.2. The number of rotatable bonds is 8. The van der Waals surface area contributed by atoms with Crippen LogP contribution in [0.25, 0.3) is 6.08 Å². The Morgan fingerprint density at radius 3 is 2.30 bits per heavy atom. The lowest BCUT2D eigenvalue weighted by Gasteiger charge is -2.12. The van der Waals surface area contributed by atoms with Gasteiger partial charge < -0.3 is 4.52 Å². The molecular formula is C19H21O2PS. The van der Waals surface area contributed by atoms with Gasteiger partial charge in [-0.25, -0.2) is 0 Å². The molecular weight excluding hydrogens is 323 g/mol. The lowest BCUT2D eigenvalue weighted by molar-refractivity contribution is 0.352. The van der Waals surface area contributed by atoms with E-state index in [1.807, 2.05) is 79.7 Å². The first-order valence-corrected chi connectivity index (χ1v) is 10.8. The third-order valence-corrected chi connectivity index (χ3v) is 7.16. The third kappa shape index (κ3) is 6.62. The molecule has 2 nitrogen and oxygen atoms in total. The summed E-state index contributed by atoms with van der Waals surface area (Å²) in [4.78, 5) is 0. The van der Waals surface area contributed by atoms with Gasteiger partial charge in [0.05, 0.1) is 6.61 Å². The Labute approximate surface area is 142 Å². The molecule has 2 rings (SSSR count). The summed E-state index contributed by atoms with van der Waals surface area (Å²) in [5, 5.41) is 0. The molecule has 2 aromatic carbocycles. The molecule has 0 heterocycles. The second-order valence-electron chi connectivity index (χ2n) is 4.83. The molecule has 0 saturated heterocycles. The maximum absolute atomic E-state index is 12.8. The van der Waals surface area contributed by atoms with E-state index in [2.05, 4.69) is 0 Å². The molecule has 1 atom stereocenters. The van der Waals surface area contributed by atoms with Crippen molar-refractivity contribution in [3.05, 3.63) is 89.8 Å². The van der Waals surface area contributed by atoms with E-state index >= 15 is 0 Å². The zero-order valence-corrected chi connectivity index (χ0v) is 14.9. The Hall–Kier alpha value is -1.54. The Morgan fingerprint density at radius 2 is 1.65 bits per heavy atom. The van der Waals surface area contributed by atoms with Crippen molar-refractivity contribution in [3.63, 3.8) is 0 Å². The molecule has 0 N–H and O–H groups in total. The highest BCUT2D eigenvalue weighted by atomic mass is 32.7. The van der Waals surface area contributed by atoms with Gasteiger partial charge in [-0.15, -0.1) is 0 Å². The van der Waals surface area contributed by atoms with E-state index in [1.165, 1.54) is 11.4 Å². The molecule has 4 heteroatoms. The average Bonchev–Trinajstić information content (AvgIpc) is 2.59. The van der Waals surface area contributed by atoms with E-state index in [0.29, 0.717) is 12.4 Å². The van der Waals surface area contributed by atoms with Crippen LogP contribution in [0.3, 0.4) is 0 Å². The molecule has 23 heavy (non-hydrogen) atoms. The number of allylic oxidation sites excluding steroid dienone is 2. The summed E-state index contributed by atoms with van der Waals surface area (Å²) < 4.78 is 18.3. The van der Waals surface area contributed by atoms with Crippen LogP contribution in [0.1, 0.15) is 18.1 Å². The summed E-state index contributed by atoms with van der Waals surface area (Å²) in [6.45, 7) is -0.520. The van der Waals surface area contributed by atoms with E-state index < -0.39 is 6.57 Å². The van der Waals surface area contributed by atoms with Crippen molar-refractivity contribution in [2.45, 2.75) is 12.7 Å². The normalized spacial score (nSPS) is 14.3. The number of benzene rings is 2. The first-order valence-electron chi connectivity index (χ1n) is 7.55. The van der Waals surface area contributed by atoms with Gasteiger partial charge in [-0.3, -0.25) is 4.57 Å². The van der Waals surface area contributed by atoms with Gasteiger partial charge in [0.25, 0.3) is 6.57 Å². The van der Waals surface area contributed by atoms with Crippen molar-refractivity contribution in [1.29, 1.82) is 0 Å². The van der Waals surface area contributed by atoms with E-state index in [-0.39, 0.29) is 0 Å². The molecule has 0 bridgehead atoms. The van der Waals surface area contributed by atoms with Crippen LogP contribution in [0.5, 0.6) is 0 Å². The van der Waals surface area contributed by atoms with Crippen LogP contribution in [-0.4, -0.2) is 6.61 Å². The summed E-state index contributed by atoms with van der Waals surface area (Å²) >= 11 is 1.36. The van der Waals surface area contributed by atoms with Crippen LogP contribution in [-0.2, 0) is 14.8 Å². The topological polar surface area (TPSA) is 26.3 Å². The Balaban J connectivity index is 1.97. The van der Waals surface area contributed by atoms with Crippen LogP contribution in [0.4, 0.5) is 0 Å². The fourth-order valence-electron chi connectivity index (χ4n) is 1.93. The van der Waals surface area contributed by atoms with E-state index in [1.54, 1.807) is 11.9 Å². The third-order valence-electron chi connectivity index (χ3n) is 3.03. The van der Waals surface area contributed by atoms with Crippen LogP contribution < -0.4 is 0 Å². The zero-order chi connectivity index (χ0) is 16.4. The molecule has 0 aliphatic rings. The molecule has 2 aromatic rings. The van der Waals surface area contributed by atoms with Crippen molar-refractivity contribution in [2.75, 3.05) is 6.61 Å². The first kappa shape index (κ1) is 17.8. The first-order chi connectivity index (χ1) is 11.2. The predicted octanol–water partition coefficient (Wildman–Crippen LogP) is 6.38. The highest BCUT2D eigenvalue weighted by Crippen LogP contribution is 2.62. The largest absolute Gasteiger partial charge is 0.319 e. The predicted molar refractivity (Wildman–Crippen MR) is 102 cm³/mol. The van der Waals surface area contributed by atoms with Gasteiger partial charge in [-0.2, -0.15) is 0 Å². The SMILES string of the molecule is CCOP(=O)(/C=C/C=C/c1ccccc1)SCc1ccccc1. The summed E-state index contributed by atoms with van der Waals surface area (Å²) in [5.41, 5.74) is 2.26. The van der Waals surface area contributed by atoms with E-state index in [4.69, 9.17) is 4.52 Å². The van der Waals surface area contributed by atoms with Gasteiger partial charge in [0.15, 0.2) is 0 Å². The maximum atomic E-state index is 12.8. The minimum Gasteiger partial charge on any atom is -0.319 e. The maximum Gasteiger partial charge on any atom is 0.280 e. The highest BCUT2D eigenvalue weighted by molar-refractivity contribution is 8.57. The Morgan fingerprint density at radius 1 is 1.00 bits per heavy atom. The average molecular weight is 344 g/mol. The lowest BCUT2D eigenvalue weighted by atomic mass is 10.2. The molecule has 0 saturated carbocycles. The van der Waals surface area contributed by atoms with E-state index in [9.17, 15) is 4.57 Å². The minimum atomic E-state index is -2.82. The van der Waals surface area contributed by atoms with Crippen molar-refractivity contribution < 1.29 is 9.09 Å². The summed E-state index contributed by atoms with van der Waals surface area (Å²) in [5.74, 6) is 2.36. The fourth-order valence-corrected chi connectivity index (χ4v) is 5.36. The fraction of sp³-hybridized carbons (Fsp3) is 0.158. The van der Waals surface area contributed by atoms with Crippen LogP contribution in [0.2, 0.25) is 0 Å². The number of hydrogen-bond donors (Lipinski definition) is 0. The smallest absolute Gasteiger partial charge is 0.280 e. The van der Waals surface area contributed by atoms with Crippen molar-refractivity contribution in [1.82, 2.24) is 0 Å². The van der Waals surface area contributed by atoms with Gasteiger partial charge in [0, 0.05) is 11.6 Å². The van der Waals surface area contributed by atoms with Gasteiger partial charge in [-0.05, 0) is 18.1 Å². The summed E-state index contributed by atoms with van der Waals surface area (Å²) in [7, 11) is 0. The van der Waals surface area contributed by atoms with Crippen LogP contribution >= 0.6 is 18.0 Å². The Kier molecular flexibility index (Phi) is 7.41. The molecule has 0 aliphatic heterocycles. The molecule has 0 aliphatic carbocycles. The Bertz CT molecular complexity index is 681. The molecule has 0 spiro atoms. The van der Waals surface area contributed by atoms with Gasteiger partial charge >= 0.3 is 0 Å². The van der Waals surface area contributed by atoms with Gasteiger partial charge in [0.1, 0.15) is 0 Å². The van der Waals surface area contributed by atoms with Crippen molar-refractivity contribution in [3.8, 4) is 0 Å². The van der Waals surface area contributed by atoms with Crippen molar-refractivity contribution >= 4 is 24.0 Å². The standard InChI is InChI=1S/C19H21O2PS/c1-2-21-22(20,23-17-19-14-7-4-8-15-19)16-10-9-13-18-11-5-3-6-12-18/h3-16H,2,17H2,1H3/b13-9+,16-10+. The van der Waals surface area contributed by atoms with Gasteiger partial charge in [0.2, 0.25) is 0 Å². The molecule has 0 amide bonds. The minimum absolute atomic E-state index is 0.436. The van der Waals surface area contributed by atoms with Crippen molar-refractivity contribution in [2.24, 2.45) is 0 Å².